The number of carbonyl (C=O) groups is 1. The van der Waals surface area contributed by atoms with E-state index in [1.165, 1.54) is 4.80 Å². The lowest BCUT2D eigenvalue weighted by atomic mass is 10.2. The van der Waals surface area contributed by atoms with Gasteiger partial charge in [-0.05, 0) is 30.7 Å². The Morgan fingerprint density at radius 1 is 1.32 bits per heavy atom. The first-order valence-electron chi connectivity index (χ1n) is 5.74. The van der Waals surface area contributed by atoms with Crippen LogP contribution in [0.2, 0.25) is 0 Å². The van der Waals surface area contributed by atoms with Gasteiger partial charge in [-0.1, -0.05) is 6.92 Å². The summed E-state index contributed by atoms with van der Waals surface area (Å²) in [4.78, 5) is 13.1. The number of halogens is 1. The van der Waals surface area contributed by atoms with E-state index in [1.807, 2.05) is 19.1 Å². The van der Waals surface area contributed by atoms with Gasteiger partial charge < -0.3 is 11.1 Å². The molecule has 0 saturated heterocycles. The van der Waals surface area contributed by atoms with Crippen LogP contribution in [0.15, 0.2) is 36.7 Å². The van der Waals surface area contributed by atoms with E-state index in [-0.39, 0.29) is 18.3 Å². The first-order chi connectivity index (χ1) is 8.70. The lowest BCUT2D eigenvalue weighted by molar-refractivity contribution is -0.117. The molecule has 0 aliphatic rings. The second-order valence-electron chi connectivity index (χ2n) is 3.87. The standard InChI is InChI=1S/C12H15N5O.ClH/c1-2-11(13)12(18)16-9-3-5-10(6-4-9)17-14-7-8-15-17;/h3-8,11H,2,13H2,1H3,(H,16,18);1H/t11-;/m0./s1. The van der Waals surface area contributed by atoms with Gasteiger partial charge in [0.25, 0.3) is 0 Å². The Balaban J connectivity index is 0.00000180. The number of rotatable bonds is 4. The number of aromatic nitrogens is 3. The van der Waals surface area contributed by atoms with Crippen molar-refractivity contribution < 1.29 is 4.79 Å². The molecular weight excluding hydrogens is 266 g/mol. The number of nitrogens with one attached hydrogen (secondary N) is 1. The van der Waals surface area contributed by atoms with Gasteiger partial charge in [-0.3, -0.25) is 4.79 Å². The highest BCUT2D eigenvalue weighted by molar-refractivity contribution is 5.94. The normalized spacial score (nSPS) is 11.5. The number of nitrogens with zero attached hydrogens (tertiary/aromatic N) is 3. The van der Waals surface area contributed by atoms with Gasteiger partial charge in [0, 0.05) is 5.69 Å². The van der Waals surface area contributed by atoms with Crippen molar-refractivity contribution in [3.05, 3.63) is 36.7 Å². The zero-order valence-corrected chi connectivity index (χ0v) is 11.3. The third-order valence-electron chi connectivity index (χ3n) is 2.56. The molecule has 0 aliphatic heterocycles. The van der Waals surface area contributed by atoms with Gasteiger partial charge in [0.15, 0.2) is 0 Å². The molecular formula is C12H16ClN5O. The van der Waals surface area contributed by atoms with E-state index < -0.39 is 6.04 Å². The fraction of sp³-hybridized carbons (Fsp3) is 0.250. The molecule has 1 aromatic carbocycles. The smallest absolute Gasteiger partial charge is 0.241 e. The monoisotopic (exact) mass is 281 g/mol. The maximum absolute atomic E-state index is 11.6. The Bertz CT molecular complexity index is 511. The van der Waals surface area contributed by atoms with Crippen LogP contribution in [-0.4, -0.2) is 26.9 Å². The van der Waals surface area contributed by atoms with Crippen LogP contribution in [0, 0.1) is 0 Å². The summed E-state index contributed by atoms with van der Waals surface area (Å²) >= 11 is 0. The number of hydrogen-bond donors (Lipinski definition) is 2. The maximum Gasteiger partial charge on any atom is 0.241 e. The van der Waals surface area contributed by atoms with E-state index in [2.05, 4.69) is 15.5 Å². The number of carbonyl (C=O) groups excluding carboxylic acids is 1. The summed E-state index contributed by atoms with van der Waals surface area (Å²) in [5, 5.41) is 10.8. The highest BCUT2D eigenvalue weighted by Gasteiger charge is 2.10. The number of hydrogen-bond acceptors (Lipinski definition) is 4. The lowest BCUT2D eigenvalue weighted by Gasteiger charge is -2.10. The molecule has 102 valence electrons. The highest BCUT2D eigenvalue weighted by atomic mass is 35.5. The van der Waals surface area contributed by atoms with Gasteiger partial charge in [0.2, 0.25) is 5.91 Å². The lowest BCUT2D eigenvalue weighted by Crippen LogP contribution is -2.34. The predicted octanol–water partition coefficient (Wildman–Crippen LogP) is 1.36. The number of amides is 1. The molecule has 0 aliphatic carbocycles. The average molecular weight is 282 g/mol. The molecule has 0 unspecified atom stereocenters. The topological polar surface area (TPSA) is 85.8 Å². The van der Waals surface area contributed by atoms with Crippen LogP contribution in [0.25, 0.3) is 5.69 Å². The van der Waals surface area contributed by atoms with Crippen LogP contribution in [0.4, 0.5) is 5.69 Å². The summed E-state index contributed by atoms with van der Waals surface area (Å²) in [6.07, 6.45) is 3.83. The number of nitrogens with two attached hydrogens (primary N) is 1. The fourth-order valence-corrected chi connectivity index (χ4v) is 1.45. The Kier molecular flexibility index (Phi) is 5.47. The summed E-state index contributed by atoms with van der Waals surface area (Å²) < 4.78 is 0. The van der Waals surface area contributed by atoms with E-state index in [4.69, 9.17) is 5.73 Å². The Morgan fingerprint density at radius 3 is 2.42 bits per heavy atom. The molecule has 1 heterocycles. The average Bonchev–Trinajstić information content (AvgIpc) is 2.92. The van der Waals surface area contributed by atoms with Crippen molar-refractivity contribution in [3.8, 4) is 5.69 Å². The van der Waals surface area contributed by atoms with Gasteiger partial charge in [-0.25, -0.2) is 0 Å². The molecule has 6 nitrogen and oxygen atoms in total. The minimum Gasteiger partial charge on any atom is -0.325 e. The summed E-state index contributed by atoms with van der Waals surface area (Å²) in [7, 11) is 0. The molecule has 1 amide bonds. The Labute approximate surface area is 117 Å². The SMILES string of the molecule is CC[C@H](N)C(=O)Nc1ccc(-n2nccn2)cc1.Cl. The zero-order chi connectivity index (χ0) is 13.0. The van der Waals surface area contributed by atoms with Crippen molar-refractivity contribution >= 4 is 24.0 Å². The van der Waals surface area contributed by atoms with E-state index in [0.717, 1.165) is 5.69 Å². The molecule has 3 N–H and O–H groups in total. The molecule has 1 aromatic heterocycles. The molecule has 0 saturated carbocycles. The van der Waals surface area contributed by atoms with Gasteiger partial charge in [0.05, 0.1) is 24.1 Å². The van der Waals surface area contributed by atoms with Crippen LogP contribution in [0.1, 0.15) is 13.3 Å². The minimum atomic E-state index is -0.475. The zero-order valence-electron chi connectivity index (χ0n) is 10.5. The number of anilines is 1. The second-order valence-corrected chi connectivity index (χ2v) is 3.87. The van der Waals surface area contributed by atoms with Crippen molar-refractivity contribution in [2.75, 3.05) is 5.32 Å². The molecule has 2 aromatic rings. The molecule has 1 atom stereocenters. The quantitative estimate of drug-likeness (QED) is 0.886. The first-order valence-corrected chi connectivity index (χ1v) is 5.74. The summed E-state index contributed by atoms with van der Waals surface area (Å²) in [5.74, 6) is -0.178. The van der Waals surface area contributed by atoms with Crippen molar-refractivity contribution in [2.45, 2.75) is 19.4 Å². The van der Waals surface area contributed by atoms with Crippen molar-refractivity contribution in [1.29, 1.82) is 0 Å². The van der Waals surface area contributed by atoms with Crippen LogP contribution >= 0.6 is 12.4 Å². The summed E-state index contributed by atoms with van der Waals surface area (Å²) in [5.41, 5.74) is 7.17. The van der Waals surface area contributed by atoms with Crippen LogP contribution in [0.3, 0.4) is 0 Å². The van der Waals surface area contributed by atoms with Gasteiger partial charge in [-0.2, -0.15) is 15.0 Å². The third-order valence-corrected chi connectivity index (χ3v) is 2.56. The van der Waals surface area contributed by atoms with Crippen molar-refractivity contribution in [2.24, 2.45) is 5.73 Å². The van der Waals surface area contributed by atoms with Crippen molar-refractivity contribution in [3.63, 3.8) is 0 Å². The van der Waals surface area contributed by atoms with E-state index >= 15 is 0 Å². The predicted molar refractivity (Wildman–Crippen MR) is 75.5 cm³/mol. The molecule has 0 bridgehead atoms. The van der Waals surface area contributed by atoms with Crippen molar-refractivity contribution in [1.82, 2.24) is 15.0 Å². The van der Waals surface area contributed by atoms with Crippen LogP contribution < -0.4 is 11.1 Å². The van der Waals surface area contributed by atoms with Crippen LogP contribution in [0.5, 0.6) is 0 Å². The molecule has 0 radical (unpaired) electrons. The van der Waals surface area contributed by atoms with E-state index in [1.54, 1.807) is 24.5 Å². The maximum atomic E-state index is 11.6. The Morgan fingerprint density at radius 2 is 1.89 bits per heavy atom. The van der Waals surface area contributed by atoms with E-state index in [0.29, 0.717) is 12.1 Å². The van der Waals surface area contributed by atoms with Gasteiger partial charge >= 0.3 is 0 Å². The Hall–Kier alpha value is -1.92. The molecule has 7 heteroatoms. The highest BCUT2D eigenvalue weighted by Crippen LogP contribution is 2.12. The van der Waals surface area contributed by atoms with Crippen LogP contribution in [-0.2, 0) is 4.79 Å². The molecule has 0 fully saturated rings. The van der Waals surface area contributed by atoms with Gasteiger partial charge in [0.1, 0.15) is 0 Å². The summed E-state index contributed by atoms with van der Waals surface area (Å²) in [6, 6.07) is 6.76. The molecule has 19 heavy (non-hydrogen) atoms. The van der Waals surface area contributed by atoms with E-state index in [9.17, 15) is 4.79 Å². The largest absolute Gasteiger partial charge is 0.325 e. The first kappa shape index (κ1) is 15.1. The second kappa shape index (κ2) is 6.86. The van der Waals surface area contributed by atoms with Gasteiger partial charge in [-0.15, -0.1) is 12.4 Å². The number of benzene rings is 1. The third kappa shape index (κ3) is 3.77. The summed E-state index contributed by atoms with van der Waals surface area (Å²) in [6.45, 7) is 1.87. The minimum absolute atomic E-state index is 0. The molecule has 2 rings (SSSR count). The fourth-order valence-electron chi connectivity index (χ4n) is 1.45. The molecule has 0 spiro atoms.